The Morgan fingerprint density at radius 2 is 1.90 bits per heavy atom. The van der Waals surface area contributed by atoms with Gasteiger partial charge in [0.15, 0.2) is 0 Å². The van der Waals surface area contributed by atoms with Gasteiger partial charge in [-0.05, 0) is 70.6 Å². The zero-order chi connectivity index (χ0) is 15.3. The van der Waals surface area contributed by atoms with Crippen molar-refractivity contribution in [3.05, 3.63) is 23.3 Å². The van der Waals surface area contributed by atoms with Crippen LogP contribution in [0.1, 0.15) is 72.1 Å². The normalized spacial score (nSPS) is 40.2. The molecular formula is C19H32O2. The van der Waals surface area contributed by atoms with Crippen LogP contribution in [0.2, 0.25) is 0 Å². The topological polar surface area (TPSA) is 32.8 Å². The van der Waals surface area contributed by atoms with E-state index < -0.39 is 0 Å². The van der Waals surface area contributed by atoms with Crippen molar-refractivity contribution in [1.29, 1.82) is 0 Å². The van der Waals surface area contributed by atoms with Crippen LogP contribution in [0.3, 0.4) is 0 Å². The van der Waals surface area contributed by atoms with Gasteiger partial charge in [0.05, 0.1) is 12.2 Å². The fraction of sp³-hybridized carbons (Fsp3) is 0.789. The Kier molecular flexibility index (Phi) is 6.07. The quantitative estimate of drug-likeness (QED) is 0.587. The van der Waals surface area contributed by atoms with Crippen molar-refractivity contribution in [3.8, 4) is 0 Å². The summed E-state index contributed by atoms with van der Waals surface area (Å²) in [6.07, 6.45) is 14.6. The smallest absolute Gasteiger partial charge is 0.0896 e. The lowest BCUT2D eigenvalue weighted by Gasteiger charge is -2.27. The van der Waals surface area contributed by atoms with Crippen LogP contribution in [0.15, 0.2) is 23.3 Å². The average Bonchev–Trinajstić information content (AvgIpc) is 3.18. The van der Waals surface area contributed by atoms with E-state index >= 15 is 0 Å². The second kappa shape index (κ2) is 7.60. The highest BCUT2D eigenvalue weighted by Gasteiger charge is 2.50. The first-order chi connectivity index (χ1) is 10.0. The van der Waals surface area contributed by atoms with E-state index in [1.165, 1.54) is 43.3 Å². The molecule has 21 heavy (non-hydrogen) atoms. The Morgan fingerprint density at radius 1 is 1.19 bits per heavy atom. The Morgan fingerprint density at radius 3 is 2.67 bits per heavy atom. The van der Waals surface area contributed by atoms with Gasteiger partial charge in [-0.15, -0.1) is 0 Å². The number of hydrogen-bond acceptors (Lipinski definition) is 2. The van der Waals surface area contributed by atoms with Crippen LogP contribution < -0.4 is 0 Å². The fourth-order valence-electron chi connectivity index (χ4n) is 3.62. The summed E-state index contributed by atoms with van der Waals surface area (Å²) in [5.41, 5.74) is 3.16. The first-order valence-electron chi connectivity index (χ1n) is 8.63. The van der Waals surface area contributed by atoms with E-state index in [4.69, 9.17) is 4.74 Å². The van der Waals surface area contributed by atoms with E-state index in [0.717, 1.165) is 19.3 Å². The zero-order valence-corrected chi connectivity index (χ0v) is 14.0. The van der Waals surface area contributed by atoms with Crippen LogP contribution >= 0.6 is 0 Å². The summed E-state index contributed by atoms with van der Waals surface area (Å²) in [5, 5.41) is 9.40. The number of ether oxygens (including phenoxy) is 1. The number of allylic oxidation sites excluding steroid dienone is 4. The Bertz CT molecular complexity index is 396. The molecular weight excluding hydrogens is 260 g/mol. The van der Waals surface area contributed by atoms with Crippen LogP contribution in [-0.4, -0.2) is 23.9 Å². The summed E-state index contributed by atoms with van der Waals surface area (Å²) >= 11 is 0. The van der Waals surface area contributed by atoms with E-state index in [1.807, 2.05) is 0 Å². The van der Waals surface area contributed by atoms with Crippen molar-refractivity contribution in [2.45, 2.75) is 84.3 Å². The number of aliphatic hydroxyl groups is 1. The molecule has 1 N–H and O–H groups in total. The second-order valence-corrected chi connectivity index (χ2v) is 7.29. The minimum atomic E-state index is 0.144. The van der Waals surface area contributed by atoms with Crippen LogP contribution in [0.5, 0.6) is 0 Å². The van der Waals surface area contributed by atoms with Crippen molar-refractivity contribution in [2.75, 3.05) is 6.61 Å². The number of rotatable bonds is 2. The van der Waals surface area contributed by atoms with Gasteiger partial charge < -0.3 is 9.84 Å². The van der Waals surface area contributed by atoms with Gasteiger partial charge in [-0.3, -0.25) is 0 Å². The molecule has 1 aliphatic heterocycles. The van der Waals surface area contributed by atoms with E-state index in [2.05, 4.69) is 32.9 Å². The van der Waals surface area contributed by atoms with Gasteiger partial charge in [-0.2, -0.15) is 0 Å². The number of fused-ring (bicyclic) bond motifs is 1. The standard InChI is InChI=1S/C19H32O2/c1-15-7-4-8-16(2)10-6-12-19(3,13-14-20)18-17(21-18)11-5-9-15/h7,10,17-18,20H,4-6,8-9,11-14H2,1-3H3/b15-7+,16-10+. The van der Waals surface area contributed by atoms with Crippen molar-refractivity contribution >= 4 is 0 Å². The van der Waals surface area contributed by atoms with Crippen molar-refractivity contribution < 1.29 is 9.84 Å². The molecule has 0 aromatic heterocycles. The van der Waals surface area contributed by atoms with Crippen molar-refractivity contribution in [3.63, 3.8) is 0 Å². The van der Waals surface area contributed by atoms with E-state index in [1.54, 1.807) is 0 Å². The van der Waals surface area contributed by atoms with Gasteiger partial charge in [0.2, 0.25) is 0 Å². The third kappa shape index (κ3) is 4.96. The largest absolute Gasteiger partial charge is 0.396 e. The van der Waals surface area contributed by atoms with Crippen LogP contribution in [-0.2, 0) is 4.74 Å². The molecule has 0 aromatic rings. The molecule has 2 aliphatic rings. The summed E-state index contributed by atoms with van der Waals surface area (Å²) in [7, 11) is 0. The highest BCUT2D eigenvalue weighted by Crippen LogP contribution is 2.46. The summed E-state index contributed by atoms with van der Waals surface area (Å²) in [6.45, 7) is 7.07. The number of hydrogen-bond donors (Lipinski definition) is 1. The summed E-state index contributed by atoms with van der Waals surface area (Å²) < 4.78 is 5.97. The van der Waals surface area contributed by atoms with Crippen molar-refractivity contribution in [1.82, 2.24) is 0 Å². The Balaban J connectivity index is 2.02. The molecule has 0 aromatic carbocycles. The molecule has 0 radical (unpaired) electrons. The van der Waals surface area contributed by atoms with Crippen LogP contribution in [0.4, 0.5) is 0 Å². The van der Waals surface area contributed by atoms with E-state index in [9.17, 15) is 5.11 Å². The second-order valence-electron chi connectivity index (χ2n) is 7.29. The first kappa shape index (κ1) is 16.8. The molecule has 0 bridgehead atoms. The molecule has 0 amide bonds. The molecule has 3 unspecified atom stereocenters. The lowest BCUT2D eigenvalue weighted by atomic mass is 9.77. The lowest BCUT2D eigenvalue weighted by molar-refractivity contribution is 0.144. The average molecular weight is 292 g/mol. The van der Waals surface area contributed by atoms with Gasteiger partial charge >= 0.3 is 0 Å². The molecule has 1 saturated heterocycles. The van der Waals surface area contributed by atoms with Gasteiger partial charge in [0.1, 0.15) is 0 Å². The number of aliphatic hydroxyl groups excluding tert-OH is 1. The zero-order valence-electron chi connectivity index (χ0n) is 14.0. The molecule has 1 fully saturated rings. The predicted octanol–water partition coefficient (Wildman–Crippen LogP) is 4.78. The summed E-state index contributed by atoms with van der Waals surface area (Å²) in [4.78, 5) is 0. The minimum absolute atomic E-state index is 0.144. The highest BCUT2D eigenvalue weighted by molar-refractivity contribution is 5.06. The van der Waals surface area contributed by atoms with Gasteiger partial charge in [-0.25, -0.2) is 0 Å². The lowest BCUT2D eigenvalue weighted by Crippen LogP contribution is -2.26. The molecule has 1 heterocycles. The van der Waals surface area contributed by atoms with Crippen LogP contribution in [0.25, 0.3) is 0 Å². The van der Waals surface area contributed by atoms with E-state index in [0.29, 0.717) is 12.2 Å². The molecule has 2 rings (SSSR count). The molecule has 2 nitrogen and oxygen atoms in total. The van der Waals surface area contributed by atoms with Crippen LogP contribution in [0, 0.1) is 5.41 Å². The predicted molar refractivity (Wildman–Crippen MR) is 88.3 cm³/mol. The molecule has 120 valence electrons. The molecule has 3 atom stereocenters. The third-order valence-electron chi connectivity index (χ3n) is 5.25. The van der Waals surface area contributed by atoms with E-state index in [-0.39, 0.29) is 12.0 Å². The Labute approximate surface area is 130 Å². The van der Waals surface area contributed by atoms with Gasteiger partial charge in [0, 0.05) is 6.61 Å². The molecule has 0 saturated carbocycles. The maximum Gasteiger partial charge on any atom is 0.0896 e. The summed E-state index contributed by atoms with van der Waals surface area (Å²) in [5.74, 6) is 0. The highest BCUT2D eigenvalue weighted by atomic mass is 16.6. The minimum Gasteiger partial charge on any atom is -0.396 e. The maximum absolute atomic E-state index is 9.40. The molecule has 1 aliphatic carbocycles. The third-order valence-corrected chi connectivity index (χ3v) is 5.25. The monoisotopic (exact) mass is 292 g/mol. The number of epoxide rings is 1. The maximum atomic E-state index is 9.40. The summed E-state index contributed by atoms with van der Waals surface area (Å²) in [6, 6.07) is 0. The van der Waals surface area contributed by atoms with Gasteiger partial charge in [0.25, 0.3) is 0 Å². The SMILES string of the molecule is C/C1=C\CCC(C)(CCO)C2OC2CCC/C(C)=C/CC1. The van der Waals surface area contributed by atoms with Gasteiger partial charge in [-0.1, -0.05) is 30.2 Å². The fourth-order valence-corrected chi connectivity index (χ4v) is 3.62. The molecule has 0 spiro atoms. The van der Waals surface area contributed by atoms with Crippen molar-refractivity contribution in [2.24, 2.45) is 5.41 Å². The first-order valence-corrected chi connectivity index (χ1v) is 8.63. The Hall–Kier alpha value is -0.600. The molecule has 2 heteroatoms.